The van der Waals surface area contributed by atoms with Gasteiger partial charge in [-0.3, -0.25) is 4.79 Å². The molecule has 4 heterocycles. The van der Waals surface area contributed by atoms with Gasteiger partial charge in [-0.1, -0.05) is 24.1 Å². The number of piperazine rings is 1. The predicted octanol–water partition coefficient (Wildman–Crippen LogP) is 4.96. The van der Waals surface area contributed by atoms with E-state index >= 15 is 0 Å². The lowest BCUT2D eigenvalue weighted by Gasteiger charge is -2.42. The third-order valence-corrected chi connectivity index (χ3v) is 7.12. The smallest absolute Gasteiger partial charge is 0.346 e. The van der Waals surface area contributed by atoms with Crippen molar-refractivity contribution in [1.29, 1.82) is 0 Å². The molecule has 1 unspecified atom stereocenters. The molecule has 11 heteroatoms. The summed E-state index contributed by atoms with van der Waals surface area (Å²) in [5, 5.41) is 0.776. The maximum atomic E-state index is 14.1. The molecule has 2 N–H and O–H groups in total. The minimum Gasteiger partial charge on any atom is -0.346 e. The Morgan fingerprint density at radius 3 is 2.66 bits per heavy atom. The molecule has 1 aliphatic heterocycles. The van der Waals surface area contributed by atoms with E-state index in [1.54, 1.807) is 41.0 Å². The Morgan fingerprint density at radius 2 is 1.89 bits per heavy atom. The highest BCUT2D eigenvalue weighted by atomic mass is 32.2. The molecule has 35 heavy (non-hydrogen) atoms. The SMILES string of the molecule is O=c1cc(-c2ccnc3[nH]ccc23)cc(N2CCN(SCc3ccc(F)cc3)CC2C(F)(F)F)[nH]1. The number of pyridine rings is 2. The number of anilines is 1. The molecule has 5 rings (SSSR count). The van der Waals surface area contributed by atoms with E-state index in [0.29, 0.717) is 29.1 Å². The molecular formula is C24H21F4N5OS. The number of halogens is 4. The summed E-state index contributed by atoms with van der Waals surface area (Å²) < 4.78 is 57.2. The lowest BCUT2D eigenvalue weighted by Crippen LogP contribution is -2.58. The maximum absolute atomic E-state index is 14.1. The first-order valence-electron chi connectivity index (χ1n) is 10.9. The fourth-order valence-corrected chi connectivity index (χ4v) is 5.22. The lowest BCUT2D eigenvalue weighted by molar-refractivity contribution is -0.153. The predicted molar refractivity (Wildman–Crippen MR) is 129 cm³/mol. The van der Waals surface area contributed by atoms with E-state index in [1.807, 2.05) is 6.07 Å². The minimum absolute atomic E-state index is 0.0793. The molecule has 1 fully saturated rings. The lowest BCUT2D eigenvalue weighted by atomic mass is 10.0. The zero-order valence-electron chi connectivity index (χ0n) is 18.3. The largest absolute Gasteiger partial charge is 0.410 e. The number of alkyl halides is 3. The number of aromatic amines is 2. The summed E-state index contributed by atoms with van der Waals surface area (Å²) in [6, 6.07) is 10.6. The Labute approximate surface area is 202 Å². The second-order valence-electron chi connectivity index (χ2n) is 8.26. The van der Waals surface area contributed by atoms with Crippen LogP contribution in [0.1, 0.15) is 5.56 Å². The topological polar surface area (TPSA) is 68.0 Å². The summed E-state index contributed by atoms with van der Waals surface area (Å²) in [4.78, 5) is 23.5. The van der Waals surface area contributed by atoms with Crippen LogP contribution in [0.2, 0.25) is 0 Å². The second-order valence-corrected chi connectivity index (χ2v) is 9.32. The Morgan fingerprint density at radius 1 is 1.09 bits per heavy atom. The van der Waals surface area contributed by atoms with Gasteiger partial charge in [-0.2, -0.15) is 13.2 Å². The molecule has 0 aliphatic carbocycles. The van der Waals surface area contributed by atoms with Crippen LogP contribution in [0, 0.1) is 5.82 Å². The molecule has 0 saturated carbocycles. The number of hydrogen-bond donors (Lipinski definition) is 2. The Balaban J connectivity index is 1.40. The average Bonchev–Trinajstić information content (AvgIpc) is 3.32. The summed E-state index contributed by atoms with van der Waals surface area (Å²) in [5.74, 6) is 0.203. The molecule has 0 spiro atoms. The van der Waals surface area contributed by atoms with Crippen LogP contribution in [-0.4, -0.2) is 51.1 Å². The Kier molecular flexibility index (Phi) is 6.28. The summed E-state index contributed by atoms with van der Waals surface area (Å²) in [5.41, 5.74) is 2.20. The zero-order valence-corrected chi connectivity index (χ0v) is 19.2. The van der Waals surface area contributed by atoms with Gasteiger partial charge in [0.05, 0.1) is 0 Å². The van der Waals surface area contributed by atoms with E-state index in [4.69, 9.17) is 0 Å². The summed E-state index contributed by atoms with van der Waals surface area (Å²) in [7, 11) is 0. The third-order valence-electron chi connectivity index (χ3n) is 5.96. The molecule has 4 aromatic rings. The fraction of sp³-hybridized carbons (Fsp3) is 0.250. The highest BCUT2D eigenvalue weighted by Gasteiger charge is 2.47. The number of H-pyrrole nitrogens is 2. The summed E-state index contributed by atoms with van der Waals surface area (Å²) in [6.07, 6.45) is -1.20. The van der Waals surface area contributed by atoms with Crippen LogP contribution in [0.25, 0.3) is 22.2 Å². The molecule has 0 amide bonds. The monoisotopic (exact) mass is 503 g/mol. The van der Waals surface area contributed by atoms with Crippen LogP contribution in [-0.2, 0) is 5.75 Å². The van der Waals surface area contributed by atoms with Crippen LogP contribution < -0.4 is 10.5 Å². The first-order valence-corrected chi connectivity index (χ1v) is 11.8. The van der Waals surface area contributed by atoms with Crippen molar-refractivity contribution in [2.45, 2.75) is 18.0 Å². The molecule has 1 atom stereocenters. The van der Waals surface area contributed by atoms with Crippen LogP contribution in [0.3, 0.4) is 0 Å². The molecule has 0 bridgehead atoms. The fourth-order valence-electron chi connectivity index (χ4n) is 4.24. The molecule has 1 aromatic carbocycles. The number of nitrogens with one attached hydrogen (secondary N) is 2. The molecular weight excluding hydrogens is 482 g/mol. The first kappa shape index (κ1) is 23.4. The van der Waals surface area contributed by atoms with Crippen molar-refractivity contribution in [3.8, 4) is 11.1 Å². The zero-order chi connectivity index (χ0) is 24.6. The third kappa shape index (κ3) is 5.06. The van der Waals surface area contributed by atoms with Gasteiger partial charge in [-0.05, 0) is 47.0 Å². The van der Waals surface area contributed by atoms with Gasteiger partial charge in [0.15, 0.2) is 0 Å². The van der Waals surface area contributed by atoms with Crippen LogP contribution in [0.15, 0.2) is 65.7 Å². The van der Waals surface area contributed by atoms with E-state index in [0.717, 1.165) is 10.9 Å². The molecule has 3 aromatic heterocycles. The van der Waals surface area contributed by atoms with E-state index < -0.39 is 17.8 Å². The van der Waals surface area contributed by atoms with E-state index in [9.17, 15) is 22.4 Å². The average molecular weight is 504 g/mol. The normalized spacial score (nSPS) is 17.3. The van der Waals surface area contributed by atoms with Crippen LogP contribution in [0.5, 0.6) is 0 Å². The molecule has 6 nitrogen and oxygen atoms in total. The first-order chi connectivity index (χ1) is 16.8. The van der Waals surface area contributed by atoms with Gasteiger partial charge >= 0.3 is 6.18 Å². The van der Waals surface area contributed by atoms with Gasteiger partial charge in [-0.15, -0.1) is 0 Å². The van der Waals surface area contributed by atoms with Crippen molar-refractivity contribution < 1.29 is 17.6 Å². The van der Waals surface area contributed by atoms with Gasteiger partial charge in [0.25, 0.3) is 0 Å². The van der Waals surface area contributed by atoms with Gasteiger partial charge < -0.3 is 14.9 Å². The highest BCUT2D eigenvalue weighted by molar-refractivity contribution is 7.96. The number of aromatic nitrogens is 3. The van der Waals surface area contributed by atoms with Crippen LogP contribution >= 0.6 is 11.9 Å². The number of benzene rings is 1. The van der Waals surface area contributed by atoms with Gasteiger partial charge in [-0.25, -0.2) is 13.7 Å². The van der Waals surface area contributed by atoms with Crippen molar-refractivity contribution in [1.82, 2.24) is 19.3 Å². The highest BCUT2D eigenvalue weighted by Crippen LogP contribution is 2.35. The Hall–Kier alpha value is -3.31. The number of rotatable bonds is 5. The number of hydrogen-bond acceptors (Lipinski definition) is 5. The van der Waals surface area contributed by atoms with Gasteiger partial charge in [0, 0.05) is 49.2 Å². The van der Waals surface area contributed by atoms with Gasteiger partial charge in [0.2, 0.25) is 5.56 Å². The quantitative estimate of drug-likeness (QED) is 0.298. The van der Waals surface area contributed by atoms with Crippen molar-refractivity contribution in [2.75, 3.05) is 24.5 Å². The molecule has 182 valence electrons. The number of nitrogens with zero attached hydrogens (tertiary/aromatic N) is 3. The van der Waals surface area contributed by atoms with Crippen LogP contribution in [0.4, 0.5) is 23.4 Å². The maximum Gasteiger partial charge on any atom is 0.410 e. The van der Waals surface area contributed by atoms with E-state index in [2.05, 4.69) is 15.0 Å². The molecule has 1 saturated heterocycles. The van der Waals surface area contributed by atoms with Gasteiger partial charge in [0.1, 0.15) is 23.3 Å². The molecule has 0 radical (unpaired) electrons. The minimum atomic E-state index is -4.51. The standard InChI is InChI=1S/C24H21F4N5OS/c25-17-3-1-15(2-4-17)14-35-32-9-10-33(20(13-32)24(26,27)28)21-11-16(12-22(34)31-21)18-5-7-29-23-19(18)6-8-30-23/h1-8,11-12,20H,9-10,13-14H2,(H,29,30)(H,31,34). The Bertz CT molecular complexity index is 1390. The van der Waals surface area contributed by atoms with Crippen molar-refractivity contribution in [2.24, 2.45) is 0 Å². The summed E-state index contributed by atoms with van der Waals surface area (Å²) >= 11 is 1.28. The van der Waals surface area contributed by atoms with Crippen molar-refractivity contribution in [3.05, 3.63) is 82.7 Å². The molecule has 1 aliphatic rings. The van der Waals surface area contributed by atoms with E-state index in [1.165, 1.54) is 35.0 Å². The van der Waals surface area contributed by atoms with Crippen molar-refractivity contribution >= 4 is 28.8 Å². The number of fused-ring (bicyclic) bond motifs is 1. The summed E-state index contributed by atoms with van der Waals surface area (Å²) in [6.45, 7) is 0.177. The van der Waals surface area contributed by atoms with E-state index in [-0.39, 0.29) is 24.7 Å². The van der Waals surface area contributed by atoms with Crippen molar-refractivity contribution in [3.63, 3.8) is 0 Å². The second kappa shape index (κ2) is 9.38.